The molecule has 0 aromatic carbocycles. The van der Waals surface area contributed by atoms with E-state index < -0.39 is 29.7 Å². The Balaban J connectivity index is 4.89. The molecule has 0 amide bonds. The third kappa shape index (κ3) is 4.42. The molecule has 6 heteroatoms. The SMILES string of the molecule is CCOC(=O)C(C(=O)OCC)C(C)C(=O)OC. The molecule has 0 bridgehead atoms. The van der Waals surface area contributed by atoms with Crippen molar-refractivity contribution in [1.82, 2.24) is 0 Å². The normalized spacial score (nSPS) is 11.8. The van der Waals surface area contributed by atoms with E-state index >= 15 is 0 Å². The fourth-order valence-electron chi connectivity index (χ4n) is 1.29. The van der Waals surface area contributed by atoms with Crippen molar-refractivity contribution in [1.29, 1.82) is 0 Å². The lowest BCUT2D eigenvalue weighted by molar-refractivity contribution is -0.170. The maximum atomic E-state index is 11.6. The molecule has 1 unspecified atom stereocenters. The van der Waals surface area contributed by atoms with Gasteiger partial charge in [-0.05, 0) is 13.8 Å². The molecular formula is C11H18O6. The van der Waals surface area contributed by atoms with Crippen LogP contribution >= 0.6 is 0 Å². The molecule has 0 aliphatic heterocycles. The van der Waals surface area contributed by atoms with E-state index in [-0.39, 0.29) is 13.2 Å². The van der Waals surface area contributed by atoms with E-state index in [1.807, 2.05) is 0 Å². The van der Waals surface area contributed by atoms with Crippen LogP contribution in [0.25, 0.3) is 0 Å². The fourth-order valence-corrected chi connectivity index (χ4v) is 1.29. The second kappa shape index (κ2) is 7.65. The van der Waals surface area contributed by atoms with Crippen LogP contribution in [0.2, 0.25) is 0 Å². The van der Waals surface area contributed by atoms with Gasteiger partial charge in [-0.25, -0.2) is 0 Å². The molecular weight excluding hydrogens is 228 g/mol. The molecule has 0 aromatic heterocycles. The molecule has 0 spiro atoms. The third-order valence-corrected chi connectivity index (χ3v) is 2.15. The summed E-state index contributed by atoms with van der Waals surface area (Å²) >= 11 is 0. The Kier molecular flexibility index (Phi) is 6.93. The molecule has 0 aromatic rings. The molecule has 0 saturated heterocycles. The summed E-state index contributed by atoms with van der Waals surface area (Å²) in [5.41, 5.74) is 0. The minimum atomic E-state index is -1.28. The molecule has 0 saturated carbocycles. The largest absolute Gasteiger partial charge is 0.469 e. The van der Waals surface area contributed by atoms with E-state index in [0.717, 1.165) is 0 Å². The first kappa shape index (κ1) is 15.4. The summed E-state index contributed by atoms with van der Waals surface area (Å²) < 4.78 is 14.0. The molecule has 0 heterocycles. The quantitative estimate of drug-likeness (QED) is 0.386. The van der Waals surface area contributed by atoms with Crippen molar-refractivity contribution < 1.29 is 28.6 Å². The first-order valence-corrected chi connectivity index (χ1v) is 5.40. The van der Waals surface area contributed by atoms with Crippen molar-refractivity contribution in [2.45, 2.75) is 20.8 Å². The van der Waals surface area contributed by atoms with Crippen LogP contribution in [0.15, 0.2) is 0 Å². The lowest BCUT2D eigenvalue weighted by atomic mass is 9.94. The Hall–Kier alpha value is -1.59. The minimum Gasteiger partial charge on any atom is -0.469 e. The molecule has 98 valence electrons. The van der Waals surface area contributed by atoms with Gasteiger partial charge in [0, 0.05) is 0 Å². The van der Waals surface area contributed by atoms with Gasteiger partial charge in [0.2, 0.25) is 0 Å². The van der Waals surface area contributed by atoms with Crippen molar-refractivity contribution in [2.24, 2.45) is 11.8 Å². The smallest absolute Gasteiger partial charge is 0.321 e. The molecule has 0 rings (SSSR count). The summed E-state index contributed by atoms with van der Waals surface area (Å²) in [4.78, 5) is 34.5. The number of carbonyl (C=O) groups excluding carboxylic acids is 3. The third-order valence-electron chi connectivity index (χ3n) is 2.15. The Morgan fingerprint density at radius 1 is 0.941 bits per heavy atom. The second-order valence-electron chi connectivity index (χ2n) is 3.29. The number of ether oxygens (including phenoxy) is 3. The number of hydrogen-bond acceptors (Lipinski definition) is 6. The Morgan fingerprint density at radius 3 is 1.65 bits per heavy atom. The molecule has 6 nitrogen and oxygen atoms in total. The maximum Gasteiger partial charge on any atom is 0.321 e. The van der Waals surface area contributed by atoms with Gasteiger partial charge in [0.15, 0.2) is 5.92 Å². The van der Waals surface area contributed by atoms with Crippen molar-refractivity contribution in [3.05, 3.63) is 0 Å². The van der Waals surface area contributed by atoms with Crippen molar-refractivity contribution >= 4 is 17.9 Å². The number of hydrogen-bond donors (Lipinski definition) is 0. The average Bonchev–Trinajstić information content (AvgIpc) is 2.28. The number of methoxy groups -OCH3 is 1. The summed E-state index contributed by atoms with van der Waals surface area (Å²) in [6, 6.07) is 0. The van der Waals surface area contributed by atoms with Gasteiger partial charge >= 0.3 is 17.9 Å². The van der Waals surface area contributed by atoms with Crippen molar-refractivity contribution in [3.8, 4) is 0 Å². The van der Waals surface area contributed by atoms with Crippen LogP contribution in [0.4, 0.5) is 0 Å². The summed E-state index contributed by atoms with van der Waals surface area (Å²) in [7, 11) is 1.19. The molecule has 1 atom stereocenters. The Morgan fingerprint density at radius 2 is 1.35 bits per heavy atom. The summed E-state index contributed by atoms with van der Waals surface area (Å²) in [5.74, 6) is -4.41. The van der Waals surface area contributed by atoms with E-state index in [2.05, 4.69) is 4.74 Å². The summed E-state index contributed by atoms with van der Waals surface area (Å²) in [5, 5.41) is 0. The average molecular weight is 246 g/mol. The van der Waals surface area contributed by atoms with Gasteiger partial charge in [0.25, 0.3) is 0 Å². The predicted molar refractivity (Wildman–Crippen MR) is 57.9 cm³/mol. The van der Waals surface area contributed by atoms with Crippen molar-refractivity contribution in [2.75, 3.05) is 20.3 Å². The van der Waals surface area contributed by atoms with Crippen LogP contribution in [-0.2, 0) is 28.6 Å². The van der Waals surface area contributed by atoms with E-state index in [0.29, 0.717) is 0 Å². The predicted octanol–water partition coefficient (Wildman–Crippen LogP) is 0.538. The minimum absolute atomic E-state index is 0.128. The van der Waals surface area contributed by atoms with Crippen LogP contribution in [0.3, 0.4) is 0 Å². The van der Waals surface area contributed by atoms with Gasteiger partial charge in [0.1, 0.15) is 0 Å². The van der Waals surface area contributed by atoms with E-state index in [1.54, 1.807) is 13.8 Å². The highest BCUT2D eigenvalue weighted by Gasteiger charge is 2.39. The van der Waals surface area contributed by atoms with Gasteiger partial charge < -0.3 is 14.2 Å². The highest BCUT2D eigenvalue weighted by atomic mass is 16.6. The molecule has 0 radical (unpaired) electrons. The monoisotopic (exact) mass is 246 g/mol. The van der Waals surface area contributed by atoms with E-state index in [1.165, 1.54) is 14.0 Å². The van der Waals surface area contributed by atoms with Crippen molar-refractivity contribution in [3.63, 3.8) is 0 Å². The highest BCUT2D eigenvalue weighted by Crippen LogP contribution is 2.17. The van der Waals surface area contributed by atoms with Crippen LogP contribution < -0.4 is 0 Å². The van der Waals surface area contributed by atoms with Crippen LogP contribution in [0.1, 0.15) is 20.8 Å². The molecule has 0 N–H and O–H groups in total. The lowest BCUT2D eigenvalue weighted by Crippen LogP contribution is -2.37. The van der Waals surface area contributed by atoms with Gasteiger partial charge in [-0.3, -0.25) is 14.4 Å². The second-order valence-corrected chi connectivity index (χ2v) is 3.29. The summed E-state index contributed by atoms with van der Waals surface area (Å²) in [6.07, 6.45) is 0. The van der Waals surface area contributed by atoms with Crippen LogP contribution in [-0.4, -0.2) is 38.2 Å². The zero-order chi connectivity index (χ0) is 13.4. The Bertz CT molecular complexity index is 268. The zero-order valence-corrected chi connectivity index (χ0v) is 10.5. The number of carbonyl (C=O) groups is 3. The fraction of sp³-hybridized carbons (Fsp3) is 0.727. The maximum absolute atomic E-state index is 11.6. The van der Waals surface area contributed by atoms with E-state index in [4.69, 9.17) is 9.47 Å². The number of rotatable bonds is 6. The highest BCUT2D eigenvalue weighted by molar-refractivity contribution is 5.99. The molecule has 0 fully saturated rings. The molecule has 17 heavy (non-hydrogen) atoms. The van der Waals surface area contributed by atoms with Gasteiger partial charge in [-0.1, -0.05) is 6.92 Å². The molecule has 0 aliphatic carbocycles. The van der Waals surface area contributed by atoms with Crippen LogP contribution in [0, 0.1) is 11.8 Å². The first-order valence-electron chi connectivity index (χ1n) is 5.40. The lowest BCUT2D eigenvalue weighted by Gasteiger charge is -2.18. The Labute approximate surface area is 100 Å². The zero-order valence-electron chi connectivity index (χ0n) is 10.5. The van der Waals surface area contributed by atoms with Crippen LogP contribution in [0.5, 0.6) is 0 Å². The molecule has 0 aliphatic rings. The standard InChI is InChI=1S/C11H18O6/c1-5-16-10(13)8(11(14)17-6-2)7(3)9(12)15-4/h7-8H,5-6H2,1-4H3. The van der Waals surface area contributed by atoms with Gasteiger partial charge in [-0.2, -0.15) is 0 Å². The van der Waals surface area contributed by atoms with E-state index in [9.17, 15) is 14.4 Å². The number of esters is 3. The van der Waals surface area contributed by atoms with Gasteiger partial charge in [0.05, 0.1) is 26.2 Å². The first-order chi connectivity index (χ1) is 7.99. The van der Waals surface area contributed by atoms with Gasteiger partial charge in [-0.15, -0.1) is 0 Å². The summed E-state index contributed by atoms with van der Waals surface area (Å²) in [6.45, 7) is 4.90. The topological polar surface area (TPSA) is 78.9 Å².